The summed E-state index contributed by atoms with van der Waals surface area (Å²) in [6.45, 7) is 1.54. The van der Waals surface area contributed by atoms with Crippen molar-refractivity contribution in [2.24, 2.45) is 0 Å². The second-order valence-electron chi connectivity index (χ2n) is 10.7. The lowest BCUT2D eigenvalue weighted by atomic mass is 10.0. The molecule has 1 aliphatic heterocycles. The lowest BCUT2D eigenvalue weighted by Gasteiger charge is -2.23. The highest BCUT2D eigenvalue weighted by atomic mass is 32.2. The number of nitrogens with zero attached hydrogens (tertiary/aromatic N) is 1. The summed E-state index contributed by atoms with van der Waals surface area (Å²) in [6, 6.07) is 20.4. The predicted octanol–water partition coefficient (Wildman–Crippen LogP) is 1.46. The molecule has 13 nitrogen and oxygen atoms in total. The molecule has 6 N–H and O–H groups in total. The fourth-order valence-corrected chi connectivity index (χ4v) is 5.91. The number of aliphatic carboxylic acids is 1. The number of rotatable bonds is 14. The number of aliphatic hydroxyl groups excluding tert-OH is 1. The number of aliphatic hydroxyl groups is 1. The van der Waals surface area contributed by atoms with Gasteiger partial charge in [0.25, 0.3) is 0 Å². The summed E-state index contributed by atoms with van der Waals surface area (Å²) in [7, 11) is -3.98. The van der Waals surface area contributed by atoms with Gasteiger partial charge < -0.3 is 26.2 Å². The minimum Gasteiger partial charge on any atom is -0.493 e. The minimum absolute atomic E-state index is 0.0476. The number of nitrogens with one attached hydrogen (secondary N) is 4. The van der Waals surface area contributed by atoms with Gasteiger partial charge in [-0.15, -0.1) is 0 Å². The molecule has 1 aliphatic rings. The molecule has 0 aromatic heterocycles. The first kappa shape index (κ1) is 33.5. The Balaban J connectivity index is 1.48. The Morgan fingerprint density at radius 2 is 1.35 bits per heavy atom. The van der Waals surface area contributed by atoms with Crippen molar-refractivity contribution in [2.45, 2.75) is 44.7 Å². The first-order chi connectivity index (χ1) is 21.9. The second-order valence-corrected chi connectivity index (χ2v) is 12.3. The van der Waals surface area contributed by atoms with E-state index in [2.05, 4.69) is 16.0 Å². The highest BCUT2D eigenvalue weighted by molar-refractivity contribution is 7.91. The highest BCUT2D eigenvalue weighted by Crippen LogP contribution is 2.23. The van der Waals surface area contributed by atoms with E-state index in [1.807, 2.05) is 35.1 Å². The van der Waals surface area contributed by atoms with Crippen LogP contribution in [0.2, 0.25) is 0 Å². The van der Waals surface area contributed by atoms with Crippen LogP contribution in [-0.2, 0) is 55.1 Å². The van der Waals surface area contributed by atoms with Crippen molar-refractivity contribution in [2.75, 3.05) is 10.8 Å². The van der Waals surface area contributed by atoms with E-state index in [0.29, 0.717) is 17.5 Å². The summed E-state index contributed by atoms with van der Waals surface area (Å²) in [5.74, 6) is -2.89. The second kappa shape index (κ2) is 15.1. The first-order valence-corrected chi connectivity index (χ1v) is 15.8. The number of anilines is 1. The standard InChI is InChI=1S/C32H35N5O8S/c1-21(38)34-28(17-23-5-3-2-4-6-23)32(43)35-27(31(42)33-16-15-22-7-9-25(10-8-22)19-30(40)41)18-24-11-13-26(14-12-24)37-20-29(39)36-46(37,44)45/h2-14,20,27-28,36,39H,15-19H2,1H3,(H,33,42)(H,34,38)(H,35,43)(H,40,41)/t27-,28-/m0/s1. The van der Waals surface area contributed by atoms with Crippen LogP contribution in [0.5, 0.6) is 0 Å². The lowest BCUT2D eigenvalue weighted by Crippen LogP contribution is -2.55. The van der Waals surface area contributed by atoms with E-state index in [0.717, 1.165) is 21.6 Å². The van der Waals surface area contributed by atoms with E-state index in [9.17, 15) is 32.7 Å². The molecule has 242 valence electrons. The number of amides is 3. The van der Waals surface area contributed by atoms with Crippen molar-refractivity contribution >= 4 is 39.6 Å². The first-order valence-electron chi connectivity index (χ1n) is 14.4. The van der Waals surface area contributed by atoms with Crippen molar-refractivity contribution in [1.29, 1.82) is 0 Å². The molecule has 0 bridgehead atoms. The van der Waals surface area contributed by atoms with Crippen LogP contribution >= 0.6 is 0 Å². The van der Waals surface area contributed by atoms with Gasteiger partial charge in [-0.25, -0.2) is 9.03 Å². The van der Waals surface area contributed by atoms with Crippen molar-refractivity contribution in [1.82, 2.24) is 20.7 Å². The monoisotopic (exact) mass is 649 g/mol. The van der Waals surface area contributed by atoms with Gasteiger partial charge in [0.05, 0.1) is 18.3 Å². The highest BCUT2D eigenvalue weighted by Gasteiger charge is 2.29. The third kappa shape index (κ3) is 9.56. The molecule has 3 aromatic rings. The van der Waals surface area contributed by atoms with E-state index in [-0.39, 0.29) is 31.5 Å². The Kier molecular flexibility index (Phi) is 11.0. The normalized spacial score (nSPS) is 14.7. The number of benzene rings is 3. The van der Waals surface area contributed by atoms with Crippen LogP contribution in [0.3, 0.4) is 0 Å². The average Bonchev–Trinajstić information content (AvgIpc) is 3.29. The molecule has 14 heteroatoms. The molecular weight excluding hydrogens is 614 g/mol. The number of hydrogen-bond donors (Lipinski definition) is 6. The number of carbonyl (C=O) groups excluding carboxylic acids is 3. The predicted molar refractivity (Wildman–Crippen MR) is 170 cm³/mol. The molecule has 4 rings (SSSR count). The van der Waals surface area contributed by atoms with Crippen LogP contribution < -0.4 is 25.0 Å². The van der Waals surface area contributed by atoms with Crippen LogP contribution in [0.1, 0.15) is 29.2 Å². The number of carboxylic acids is 1. The van der Waals surface area contributed by atoms with Gasteiger partial charge in [-0.05, 0) is 40.8 Å². The van der Waals surface area contributed by atoms with Crippen LogP contribution in [0.4, 0.5) is 5.69 Å². The van der Waals surface area contributed by atoms with Gasteiger partial charge in [0, 0.05) is 26.3 Å². The van der Waals surface area contributed by atoms with E-state index in [1.165, 1.54) is 19.1 Å². The summed E-state index contributed by atoms with van der Waals surface area (Å²) in [5.41, 5.74) is 3.20. The minimum atomic E-state index is -3.98. The third-order valence-electron chi connectivity index (χ3n) is 7.06. The van der Waals surface area contributed by atoms with E-state index in [4.69, 9.17) is 5.11 Å². The van der Waals surface area contributed by atoms with Gasteiger partial charge in [0.15, 0.2) is 0 Å². The molecule has 0 fully saturated rings. The maximum absolute atomic E-state index is 13.5. The topological polar surface area (TPSA) is 194 Å². The van der Waals surface area contributed by atoms with E-state index < -0.39 is 51.9 Å². The van der Waals surface area contributed by atoms with E-state index in [1.54, 1.807) is 36.4 Å². The van der Waals surface area contributed by atoms with E-state index >= 15 is 0 Å². The van der Waals surface area contributed by atoms with Crippen molar-refractivity contribution in [3.05, 3.63) is 113 Å². The molecule has 46 heavy (non-hydrogen) atoms. The van der Waals surface area contributed by atoms with Crippen LogP contribution in [0, 0.1) is 0 Å². The number of carboxylic acid groups (broad SMARTS) is 1. The van der Waals surface area contributed by atoms with Crippen LogP contribution in [0.15, 0.2) is 90.9 Å². The third-order valence-corrected chi connectivity index (χ3v) is 8.36. The fourth-order valence-electron chi connectivity index (χ4n) is 4.85. The van der Waals surface area contributed by atoms with Gasteiger partial charge in [0.1, 0.15) is 12.1 Å². The van der Waals surface area contributed by atoms with Gasteiger partial charge in [-0.3, -0.25) is 19.2 Å². The molecule has 3 aromatic carbocycles. The maximum Gasteiger partial charge on any atom is 0.330 e. The molecule has 0 unspecified atom stereocenters. The fraction of sp³-hybridized carbons (Fsp3) is 0.250. The Hall–Kier alpha value is -5.37. The molecule has 0 spiro atoms. The molecule has 0 saturated heterocycles. The summed E-state index contributed by atoms with van der Waals surface area (Å²) >= 11 is 0. The number of hydrogen-bond acceptors (Lipinski definition) is 7. The molecule has 3 amide bonds. The Bertz CT molecular complexity index is 1690. The molecule has 0 radical (unpaired) electrons. The SMILES string of the molecule is CC(=O)N[C@@H](Cc1ccccc1)C(=O)N[C@@H](Cc1ccc(N2C=C(O)NS2(=O)=O)cc1)C(=O)NCCc1ccc(CC(=O)O)cc1. The van der Waals surface area contributed by atoms with Crippen molar-refractivity contribution < 1.29 is 37.8 Å². The quantitative estimate of drug-likeness (QED) is 0.151. The maximum atomic E-state index is 13.5. The zero-order valence-electron chi connectivity index (χ0n) is 25.0. The zero-order chi connectivity index (χ0) is 33.3. The summed E-state index contributed by atoms with van der Waals surface area (Å²) in [5, 5.41) is 26.8. The summed E-state index contributed by atoms with van der Waals surface area (Å²) in [6.07, 6.45) is 1.63. The van der Waals surface area contributed by atoms with Gasteiger partial charge >= 0.3 is 16.2 Å². The Labute approximate surface area is 266 Å². The van der Waals surface area contributed by atoms with Crippen LogP contribution in [0.25, 0.3) is 0 Å². The largest absolute Gasteiger partial charge is 0.493 e. The molecule has 1 heterocycles. The summed E-state index contributed by atoms with van der Waals surface area (Å²) < 4.78 is 27.3. The van der Waals surface area contributed by atoms with Crippen LogP contribution in [-0.4, -0.2) is 61.0 Å². The van der Waals surface area contributed by atoms with Crippen molar-refractivity contribution in [3.63, 3.8) is 0 Å². The Morgan fingerprint density at radius 3 is 1.91 bits per heavy atom. The van der Waals surface area contributed by atoms with Gasteiger partial charge in [0.2, 0.25) is 23.6 Å². The van der Waals surface area contributed by atoms with Gasteiger partial charge in [-0.2, -0.15) is 8.42 Å². The molecule has 2 atom stereocenters. The van der Waals surface area contributed by atoms with Gasteiger partial charge in [-0.1, -0.05) is 66.7 Å². The van der Waals surface area contributed by atoms with Crippen molar-refractivity contribution in [3.8, 4) is 0 Å². The molecule has 0 aliphatic carbocycles. The average molecular weight is 650 g/mol. The smallest absolute Gasteiger partial charge is 0.330 e. The Morgan fingerprint density at radius 1 is 0.783 bits per heavy atom. The zero-order valence-corrected chi connectivity index (χ0v) is 25.8. The summed E-state index contributed by atoms with van der Waals surface area (Å²) in [4.78, 5) is 49.8. The molecular formula is C32H35N5O8S. The number of carbonyl (C=O) groups is 4. The lowest BCUT2D eigenvalue weighted by molar-refractivity contribution is -0.136. The molecule has 0 saturated carbocycles.